The number of fused-ring (bicyclic) bond motifs is 3. The van der Waals surface area contributed by atoms with E-state index in [2.05, 4.69) is 28.1 Å². The lowest BCUT2D eigenvalue weighted by Crippen LogP contribution is -2.41. The van der Waals surface area contributed by atoms with Crippen molar-refractivity contribution in [1.82, 2.24) is 14.8 Å². The number of urea groups is 1. The van der Waals surface area contributed by atoms with Gasteiger partial charge in [-0.3, -0.25) is 0 Å². The zero-order chi connectivity index (χ0) is 22.8. The first kappa shape index (κ1) is 21.2. The van der Waals surface area contributed by atoms with E-state index in [0.29, 0.717) is 18.1 Å². The summed E-state index contributed by atoms with van der Waals surface area (Å²) in [4.78, 5) is 15.5. The first-order valence-electron chi connectivity index (χ1n) is 10.8. The summed E-state index contributed by atoms with van der Waals surface area (Å²) in [5, 5.41) is 3.73. The predicted molar refractivity (Wildman–Crippen MR) is 130 cm³/mol. The van der Waals surface area contributed by atoms with Gasteiger partial charge in [0.15, 0.2) is 0 Å². The number of hydrogen-bond donors (Lipinski definition) is 1. The van der Waals surface area contributed by atoms with Crippen LogP contribution < -0.4 is 10.1 Å². The van der Waals surface area contributed by atoms with Crippen LogP contribution >= 0.6 is 11.6 Å². The maximum atomic E-state index is 13.6. The van der Waals surface area contributed by atoms with Crippen LogP contribution in [0.4, 0.5) is 4.79 Å². The minimum absolute atomic E-state index is 0.160. The summed E-state index contributed by atoms with van der Waals surface area (Å²) in [6.45, 7) is 0.849. The van der Waals surface area contributed by atoms with E-state index in [4.69, 9.17) is 16.3 Å². The second-order valence-corrected chi connectivity index (χ2v) is 8.40. The molecule has 0 radical (unpaired) electrons. The summed E-state index contributed by atoms with van der Waals surface area (Å²) >= 11 is 6.65. The van der Waals surface area contributed by atoms with Crippen LogP contribution in [0.3, 0.4) is 0 Å². The van der Waals surface area contributed by atoms with Gasteiger partial charge >= 0.3 is 6.03 Å². The second-order valence-electron chi connectivity index (χ2n) is 7.99. The summed E-state index contributed by atoms with van der Waals surface area (Å²) in [5.41, 5.74) is 4.99. The molecule has 1 unspecified atom stereocenters. The number of aromatic nitrogens is 1. The molecule has 0 aliphatic carbocycles. The molecule has 2 heterocycles. The van der Waals surface area contributed by atoms with Crippen LogP contribution in [0.2, 0.25) is 5.02 Å². The Morgan fingerprint density at radius 3 is 2.70 bits per heavy atom. The standard InChI is InChI=1S/C27H24ClN3O2/c1-33-21-10-6-8-19(16-21)17-29-27(32)31-18-20-9-2-5-13-24(20)30-15-7-14-25(30)26(31)22-11-3-4-12-23(22)28/h2-16,26H,17-18H2,1H3,(H,29,32). The highest BCUT2D eigenvalue weighted by Gasteiger charge is 2.33. The van der Waals surface area contributed by atoms with Gasteiger partial charge in [-0.15, -0.1) is 0 Å². The van der Waals surface area contributed by atoms with Gasteiger partial charge < -0.3 is 19.5 Å². The van der Waals surface area contributed by atoms with Crippen LogP contribution in [0.1, 0.15) is 28.4 Å². The summed E-state index contributed by atoms with van der Waals surface area (Å²) in [6.07, 6.45) is 2.04. The first-order valence-corrected chi connectivity index (χ1v) is 11.2. The lowest BCUT2D eigenvalue weighted by atomic mass is 10.0. The van der Waals surface area contributed by atoms with Crippen LogP contribution in [0.15, 0.2) is 91.1 Å². The maximum Gasteiger partial charge on any atom is 0.318 e. The Balaban J connectivity index is 1.55. The average Bonchev–Trinajstić information content (AvgIpc) is 3.28. The van der Waals surface area contributed by atoms with Gasteiger partial charge in [0.05, 0.1) is 25.0 Å². The van der Waals surface area contributed by atoms with Crippen LogP contribution in [-0.4, -0.2) is 22.6 Å². The molecule has 166 valence electrons. The highest BCUT2D eigenvalue weighted by atomic mass is 35.5. The van der Waals surface area contributed by atoms with E-state index in [-0.39, 0.29) is 12.1 Å². The van der Waals surface area contributed by atoms with Gasteiger partial charge in [0, 0.05) is 17.8 Å². The lowest BCUT2D eigenvalue weighted by molar-refractivity contribution is 0.180. The van der Waals surface area contributed by atoms with Gasteiger partial charge in [-0.1, -0.05) is 60.1 Å². The largest absolute Gasteiger partial charge is 0.497 e. The third-order valence-electron chi connectivity index (χ3n) is 6.00. The SMILES string of the molecule is COc1cccc(CNC(=O)N2Cc3ccccc3-n3cccc3C2c2ccccc2Cl)c1. The van der Waals surface area contributed by atoms with Crippen LogP contribution in [0.25, 0.3) is 5.69 Å². The third-order valence-corrected chi connectivity index (χ3v) is 6.35. The van der Waals surface area contributed by atoms with Gasteiger partial charge in [-0.2, -0.15) is 0 Å². The predicted octanol–water partition coefficient (Wildman–Crippen LogP) is 5.95. The number of ether oxygens (including phenoxy) is 1. The number of carbonyl (C=O) groups excluding carboxylic acids is 1. The van der Waals surface area contributed by atoms with Gasteiger partial charge in [0.2, 0.25) is 0 Å². The number of nitrogens with zero attached hydrogens (tertiary/aromatic N) is 2. The number of methoxy groups -OCH3 is 1. The first-order chi connectivity index (χ1) is 16.2. The van der Waals surface area contributed by atoms with E-state index in [9.17, 15) is 4.79 Å². The Morgan fingerprint density at radius 2 is 1.85 bits per heavy atom. The third kappa shape index (κ3) is 4.08. The Morgan fingerprint density at radius 1 is 1.03 bits per heavy atom. The van der Waals surface area contributed by atoms with Crippen LogP contribution in [0, 0.1) is 0 Å². The molecule has 1 atom stereocenters. The zero-order valence-corrected chi connectivity index (χ0v) is 19.0. The maximum absolute atomic E-state index is 13.6. The molecule has 0 saturated carbocycles. The summed E-state index contributed by atoms with van der Waals surface area (Å²) in [6, 6.07) is 27.2. The van der Waals surface area contributed by atoms with Crippen LogP contribution in [0.5, 0.6) is 5.75 Å². The normalized spacial score (nSPS) is 14.7. The quantitative estimate of drug-likeness (QED) is 0.411. The molecule has 1 aliphatic heterocycles. The number of amides is 2. The summed E-state index contributed by atoms with van der Waals surface area (Å²) < 4.78 is 7.46. The molecule has 0 bridgehead atoms. The molecule has 1 aliphatic rings. The van der Waals surface area contributed by atoms with Gasteiger partial charge in [-0.05, 0) is 53.1 Å². The van der Waals surface area contributed by atoms with Gasteiger partial charge in [0.25, 0.3) is 0 Å². The molecule has 5 nitrogen and oxygen atoms in total. The Bertz CT molecular complexity index is 1300. The molecule has 0 saturated heterocycles. The Hall–Kier alpha value is -3.70. The van der Waals surface area contributed by atoms with Gasteiger partial charge in [0.1, 0.15) is 11.8 Å². The number of carbonyl (C=O) groups is 1. The highest BCUT2D eigenvalue weighted by Crippen LogP contribution is 2.39. The number of rotatable bonds is 4. The molecule has 5 rings (SSSR count). The Labute approximate surface area is 198 Å². The minimum Gasteiger partial charge on any atom is -0.497 e. The molecule has 4 aromatic rings. The topological polar surface area (TPSA) is 46.5 Å². The van der Waals surface area contributed by atoms with Crippen molar-refractivity contribution in [3.8, 4) is 11.4 Å². The molecule has 1 N–H and O–H groups in total. The van der Waals surface area contributed by atoms with E-state index in [1.54, 1.807) is 7.11 Å². The fourth-order valence-corrected chi connectivity index (χ4v) is 4.66. The van der Waals surface area contributed by atoms with E-state index < -0.39 is 0 Å². The molecule has 6 heteroatoms. The number of hydrogen-bond acceptors (Lipinski definition) is 2. The fourth-order valence-electron chi connectivity index (χ4n) is 4.43. The van der Waals surface area contributed by atoms with E-state index in [1.807, 2.05) is 77.8 Å². The van der Waals surface area contributed by atoms with Crippen molar-refractivity contribution >= 4 is 17.6 Å². The zero-order valence-electron chi connectivity index (χ0n) is 18.2. The minimum atomic E-state index is -0.341. The average molecular weight is 458 g/mol. The van der Waals surface area contributed by atoms with E-state index in [0.717, 1.165) is 33.8 Å². The van der Waals surface area contributed by atoms with Crippen molar-refractivity contribution in [2.45, 2.75) is 19.1 Å². The molecule has 33 heavy (non-hydrogen) atoms. The fraction of sp³-hybridized carbons (Fsp3) is 0.148. The van der Waals surface area contributed by atoms with Crippen molar-refractivity contribution < 1.29 is 9.53 Å². The van der Waals surface area contributed by atoms with Crippen molar-refractivity contribution in [3.63, 3.8) is 0 Å². The van der Waals surface area contributed by atoms with Gasteiger partial charge in [-0.25, -0.2) is 4.79 Å². The molecule has 3 aromatic carbocycles. The summed E-state index contributed by atoms with van der Waals surface area (Å²) in [5.74, 6) is 0.761. The number of para-hydroxylation sites is 1. The molecule has 2 amide bonds. The molecular formula is C27H24ClN3O2. The number of halogens is 1. The molecular weight excluding hydrogens is 434 g/mol. The van der Waals surface area contributed by atoms with Crippen molar-refractivity contribution in [2.75, 3.05) is 7.11 Å². The molecule has 1 aromatic heterocycles. The lowest BCUT2D eigenvalue weighted by Gasteiger charge is -2.31. The molecule has 0 spiro atoms. The smallest absolute Gasteiger partial charge is 0.318 e. The Kier molecular flexibility index (Phi) is 5.80. The highest BCUT2D eigenvalue weighted by molar-refractivity contribution is 6.31. The monoisotopic (exact) mass is 457 g/mol. The van der Waals surface area contributed by atoms with E-state index >= 15 is 0 Å². The van der Waals surface area contributed by atoms with Crippen molar-refractivity contribution in [3.05, 3.63) is 119 Å². The van der Waals surface area contributed by atoms with Crippen molar-refractivity contribution in [1.29, 1.82) is 0 Å². The number of nitrogens with one attached hydrogen (secondary N) is 1. The summed E-state index contributed by atoms with van der Waals surface area (Å²) in [7, 11) is 1.63. The number of benzene rings is 3. The van der Waals surface area contributed by atoms with Crippen molar-refractivity contribution in [2.24, 2.45) is 0 Å². The van der Waals surface area contributed by atoms with E-state index in [1.165, 1.54) is 0 Å². The molecule has 0 fully saturated rings. The van der Waals surface area contributed by atoms with Crippen LogP contribution in [-0.2, 0) is 13.1 Å². The second kappa shape index (κ2) is 9.04.